The lowest BCUT2D eigenvalue weighted by atomic mass is 10.6. The van der Waals surface area contributed by atoms with Gasteiger partial charge < -0.3 is 0 Å². The van der Waals surface area contributed by atoms with E-state index in [1.54, 1.807) is 0 Å². The first-order chi connectivity index (χ1) is 2.83. The molecule has 0 bridgehead atoms. The van der Waals surface area contributed by atoms with Crippen molar-refractivity contribution in [3.8, 4) is 0 Å². The van der Waals surface area contributed by atoms with Crippen LogP contribution in [0.3, 0.4) is 0 Å². The molecule has 0 aromatic carbocycles. The van der Waals surface area contributed by atoms with Gasteiger partial charge in [-0.05, 0) is 11.0 Å². The van der Waals surface area contributed by atoms with Crippen LogP contribution in [0, 0.1) is 0 Å². The Labute approximate surface area is 85.4 Å². The second kappa shape index (κ2) is 60.8. The minimum atomic E-state index is 0. The summed E-state index contributed by atoms with van der Waals surface area (Å²) in [6, 6.07) is 0. The van der Waals surface area contributed by atoms with E-state index >= 15 is 0 Å². The molecule has 0 radical (unpaired) electrons. The number of hydrogen-bond acceptors (Lipinski definition) is 0. The van der Waals surface area contributed by atoms with E-state index in [1.807, 2.05) is 0 Å². The van der Waals surface area contributed by atoms with Crippen LogP contribution in [-0.4, -0.2) is 11.0 Å². The third kappa shape index (κ3) is 341. The van der Waals surface area contributed by atoms with Crippen molar-refractivity contribution in [1.29, 1.82) is 0 Å². The molecule has 9 heavy (non-hydrogen) atoms. The maximum atomic E-state index is 2.12. The smallest absolute Gasteiger partial charge is 0.0149 e. The Morgan fingerprint density at radius 2 is 0.667 bits per heavy atom. The zero-order valence-corrected chi connectivity index (χ0v) is 9.66. The normalized spacial score (nSPS) is 4.00. The average molecular weight is 282 g/mol. The summed E-state index contributed by atoms with van der Waals surface area (Å²) in [7, 11) is 0. The predicted molar refractivity (Wildman–Crippen MR) is 63.9 cm³/mol. The lowest BCUT2D eigenvalue weighted by molar-refractivity contribution is 1.09. The quantitative estimate of drug-likeness (QED) is 0.599. The molecule has 0 nitrogen and oxygen atoms in total. The number of rotatable bonds is 0. The van der Waals surface area contributed by atoms with E-state index in [0.29, 0.717) is 0 Å². The number of halogens is 2. The maximum absolute atomic E-state index is 2.12. The highest BCUT2D eigenvalue weighted by molar-refractivity contribution is 8.93. The Morgan fingerprint density at radius 3 is 0.667 bits per heavy atom. The van der Waals surface area contributed by atoms with Crippen LogP contribution >= 0.6 is 34.0 Å². The van der Waals surface area contributed by atoms with Crippen molar-refractivity contribution < 1.29 is 0 Å². The van der Waals surface area contributed by atoms with Gasteiger partial charge in [0.25, 0.3) is 0 Å². The molecule has 0 aliphatic rings. The van der Waals surface area contributed by atoms with Crippen molar-refractivity contribution in [2.75, 3.05) is 0 Å². The van der Waals surface area contributed by atoms with E-state index < -0.39 is 0 Å². The zero-order chi connectivity index (χ0) is 5.41. The third-order valence-electron chi connectivity index (χ3n) is 0. The molecule has 0 atom stereocenters. The van der Waals surface area contributed by atoms with Crippen molar-refractivity contribution in [3.05, 3.63) is 0 Å². The molecular weight excluding hydrogens is 260 g/mol. The summed E-state index contributed by atoms with van der Waals surface area (Å²) in [6.45, 7) is 8.50. The van der Waals surface area contributed by atoms with Gasteiger partial charge in [-0.2, -0.15) is 0 Å². The summed E-state index contributed by atoms with van der Waals surface area (Å²) in [4.78, 5) is 0. The SMILES string of the molecule is Br.Br.CCC.CCC.[SiH4]. The van der Waals surface area contributed by atoms with Gasteiger partial charge in [0.1, 0.15) is 0 Å². The van der Waals surface area contributed by atoms with Crippen LogP contribution in [0.1, 0.15) is 40.5 Å². The molecule has 64 valence electrons. The molecule has 0 amide bonds. The first-order valence-electron chi connectivity index (χ1n) is 2.83. The van der Waals surface area contributed by atoms with Gasteiger partial charge in [0.15, 0.2) is 0 Å². The van der Waals surface area contributed by atoms with Crippen LogP contribution in [0.25, 0.3) is 0 Å². The molecule has 3 heteroatoms. The van der Waals surface area contributed by atoms with E-state index in [0.717, 1.165) is 0 Å². The first-order valence-corrected chi connectivity index (χ1v) is 2.83. The molecule has 0 aromatic rings. The van der Waals surface area contributed by atoms with Crippen LogP contribution in [0.15, 0.2) is 0 Å². The van der Waals surface area contributed by atoms with E-state index in [9.17, 15) is 0 Å². The molecule has 0 rings (SSSR count). The predicted octanol–water partition coefficient (Wildman–Crippen LogP) is 2.54. The standard InChI is InChI=1S/2C3H8.2BrH.H4Si/c2*1-3-2;;;/h2*3H2,1-2H3;2*1H;1H4. The average Bonchev–Trinajstić information content (AvgIpc) is 1.39. The van der Waals surface area contributed by atoms with Gasteiger partial charge in [0, 0.05) is 0 Å². The Bertz CT molecular complexity index is 13.0. The summed E-state index contributed by atoms with van der Waals surface area (Å²) in [5.74, 6) is 0. The highest BCUT2D eigenvalue weighted by Gasteiger charge is 1.36. The fraction of sp³-hybridized carbons (Fsp3) is 1.00. The minimum absolute atomic E-state index is 0. The van der Waals surface area contributed by atoms with Crippen molar-refractivity contribution in [3.63, 3.8) is 0 Å². The van der Waals surface area contributed by atoms with Crippen molar-refractivity contribution >= 4 is 44.9 Å². The zero-order valence-electron chi connectivity index (χ0n) is 6.23. The fourth-order valence-electron chi connectivity index (χ4n) is 0. The third-order valence-corrected chi connectivity index (χ3v) is 0. The van der Waals surface area contributed by atoms with Crippen molar-refractivity contribution in [2.45, 2.75) is 40.5 Å². The second-order valence-electron chi connectivity index (χ2n) is 1.41. The van der Waals surface area contributed by atoms with Crippen LogP contribution in [0.2, 0.25) is 0 Å². The summed E-state index contributed by atoms with van der Waals surface area (Å²) in [5.41, 5.74) is 0. The molecule has 0 aromatic heterocycles. The molecule has 0 saturated carbocycles. The van der Waals surface area contributed by atoms with Crippen LogP contribution in [-0.2, 0) is 0 Å². The number of hydrogen-bond donors (Lipinski definition) is 0. The van der Waals surface area contributed by atoms with E-state index in [-0.39, 0.29) is 44.9 Å². The maximum Gasteiger partial charge on any atom is -0.0149 e. The highest BCUT2D eigenvalue weighted by Crippen LogP contribution is 1.56. The molecule has 0 saturated heterocycles. The molecule has 0 unspecified atom stereocenters. The van der Waals surface area contributed by atoms with Gasteiger partial charge >= 0.3 is 0 Å². The molecule has 0 aliphatic heterocycles. The van der Waals surface area contributed by atoms with Gasteiger partial charge in [-0.15, -0.1) is 34.0 Å². The largest absolute Gasteiger partial charge is 0.114 e. The molecule has 0 spiro atoms. The van der Waals surface area contributed by atoms with Gasteiger partial charge in [0.05, 0.1) is 0 Å². The van der Waals surface area contributed by atoms with Crippen LogP contribution in [0.5, 0.6) is 0 Å². The monoisotopic (exact) mass is 280 g/mol. The highest BCUT2D eigenvalue weighted by atomic mass is 79.9. The summed E-state index contributed by atoms with van der Waals surface area (Å²) in [5, 5.41) is 0. The van der Waals surface area contributed by atoms with Gasteiger partial charge in [0.2, 0.25) is 0 Å². The summed E-state index contributed by atoms with van der Waals surface area (Å²) >= 11 is 0. The van der Waals surface area contributed by atoms with E-state index in [1.165, 1.54) is 12.8 Å². The van der Waals surface area contributed by atoms with Crippen LogP contribution < -0.4 is 0 Å². The molecule has 0 N–H and O–H groups in total. The van der Waals surface area contributed by atoms with Crippen molar-refractivity contribution in [1.82, 2.24) is 0 Å². The molecule has 0 heterocycles. The second-order valence-corrected chi connectivity index (χ2v) is 1.41. The van der Waals surface area contributed by atoms with E-state index in [2.05, 4.69) is 27.7 Å². The lowest BCUT2D eigenvalue weighted by Gasteiger charge is -1.48. The lowest BCUT2D eigenvalue weighted by Crippen LogP contribution is -1.27. The van der Waals surface area contributed by atoms with Gasteiger partial charge in [-0.1, -0.05) is 40.5 Å². The first kappa shape index (κ1) is 32.0. The molecule has 0 aliphatic carbocycles. The Kier molecular flexibility index (Phi) is 216. The Morgan fingerprint density at radius 1 is 0.667 bits per heavy atom. The van der Waals surface area contributed by atoms with Gasteiger partial charge in [-0.25, -0.2) is 0 Å². The van der Waals surface area contributed by atoms with E-state index in [4.69, 9.17) is 0 Å². The Balaban J connectivity index is -0.00000000889. The molecule has 0 fully saturated rings. The van der Waals surface area contributed by atoms with Gasteiger partial charge in [-0.3, -0.25) is 0 Å². The van der Waals surface area contributed by atoms with Crippen molar-refractivity contribution in [2.24, 2.45) is 0 Å². The topological polar surface area (TPSA) is 0 Å². The molecular formula is C6H22Br2Si. The van der Waals surface area contributed by atoms with Crippen LogP contribution in [0.4, 0.5) is 0 Å². The Hall–Kier alpha value is 1.18. The fourth-order valence-corrected chi connectivity index (χ4v) is 0. The summed E-state index contributed by atoms with van der Waals surface area (Å²) in [6.07, 6.45) is 2.50. The summed E-state index contributed by atoms with van der Waals surface area (Å²) < 4.78 is 0. The minimum Gasteiger partial charge on any atom is -0.114 e.